The van der Waals surface area contributed by atoms with E-state index in [0.717, 1.165) is 28.0 Å². The molecule has 3 nitrogen and oxygen atoms in total. The zero-order valence-electron chi connectivity index (χ0n) is 15.3. The highest BCUT2D eigenvalue weighted by atomic mass is 19.1. The molecule has 1 aromatic heterocycles. The highest BCUT2D eigenvalue weighted by Crippen LogP contribution is 2.31. The first kappa shape index (κ1) is 17.2. The zero-order valence-corrected chi connectivity index (χ0v) is 15.3. The molecule has 1 heterocycles. The standard InChI is InChI=1S/C23H20FN3/c1-15(2)21-14-22(27-23(26-21)25-16-8-4-3-5-9-16)19-12-13-20(24)18-11-7-6-10-17(18)19/h3-15H,1-2H3,(H,25,26,27). The topological polar surface area (TPSA) is 37.8 Å². The first-order valence-electron chi connectivity index (χ1n) is 9.00. The monoisotopic (exact) mass is 357 g/mol. The number of benzene rings is 3. The molecule has 4 rings (SSSR count). The molecule has 0 fully saturated rings. The van der Waals surface area contributed by atoms with Crippen molar-refractivity contribution in [3.05, 3.63) is 84.3 Å². The zero-order chi connectivity index (χ0) is 18.8. The summed E-state index contributed by atoms with van der Waals surface area (Å²) in [5.74, 6) is 0.556. The van der Waals surface area contributed by atoms with Gasteiger partial charge >= 0.3 is 0 Å². The van der Waals surface area contributed by atoms with Gasteiger partial charge in [-0.1, -0.05) is 56.3 Å². The molecule has 3 aromatic carbocycles. The predicted molar refractivity (Wildman–Crippen MR) is 109 cm³/mol. The molecule has 0 radical (unpaired) electrons. The first-order chi connectivity index (χ1) is 13.1. The number of nitrogens with one attached hydrogen (secondary N) is 1. The summed E-state index contributed by atoms with van der Waals surface area (Å²) in [6.07, 6.45) is 0. The van der Waals surface area contributed by atoms with Crippen LogP contribution >= 0.6 is 0 Å². The number of rotatable bonds is 4. The molecule has 0 aliphatic heterocycles. The van der Waals surface area contributed by atoms with Gasteiger partial charge in [0.15, 0.2) is 0 Å². The lowest BCUT2D eigenvalue weighted by molar-refractivity contribution is 0.640. The molecule has 0 bridgehead atoms. The molecule has 0 atom stereocenters. The van der Waals surface area contributed by atoms with Crippen LogP contribution in [0.5, 0.6) is 0 Å². The van der Waals surface area contributed by atoms with Crippen LogP contribution in [0.15, 0.2) is 72.8 Å². The van der Waals surface area contributed by atoms with E-state index in [9.17, 15) is 4.39 Å². The van der Waals surface area contributed by atoms with Crippen LogP contribution in [0.3, 0.4) is 0 Å². The number of fused-ring (bicyclic) bond motifs is 1. The number of aromatic nitrogens is 2. The molecular formula is C23H20FN3. The van der Waals surface area contributed by atoms with Gasteiger partial charge in [-0.05, 0) is 41.6 Å². The summed E-state index contributed by atoms with van der Waals surface area (Å²) in [6.45, 7) is 4.20. The largest absolute Gasteiger partial charge is 0.324 e. The molecule has 0 saturated heterocycles. The van der Waals surface area contributed by atoms with E-state index in [2.05, 4.69) is 24.1 Å². The number of hydrogen-bond donors (Lipinski definition) is 1. The Morgan fingerprint density at radius 2 is 1.52 bits per heavy atom. The number of hydrogen-bond acceptors (Lipinski definition) is 3. The Bertz CT molecular complexity index is 1090. The van der Waals surface area contributed by atoms with Crippen molar-refractivity contribution < 1.29 is 4.39 Å². The van der Waals surface area contributed by atoms with Gasteiger partial charge < -0.3 is 5.32 Å². The number of nitrogens with zero attached hydrogens (tertiary/aromatic N) is 2. The van der Waals surface area contributed by atoms with Crippen molar-refractivity contribution in [3.8, 4) is 11.3 Å². The molecule has 0 unspecified atom stereocenters. The van der Waals surface area contributed by atoms with Gasteiger partial charge in [0.1, 0.15) is 5.82 Å². The van der Waals surface area contributed by atoms with E-state index in [4.69, 9.17) is 4.98 Å². The van der Waals surface area contributed by atoms with Crippen LogP contribution in [0.2, 0.25) is 0 Å². The normalized spacial score (nSPS) is 11.1. The van der Waals surface area contributed by atoms with Crippen molar-refractivity contribution in [2.75, 3.05) is 5.32 Å². The lowest BCUT2D eigenvalue weighted by atomic mass is 10.00. The van der Waals surface area contributed by atoms with Crippen molar-refractivity contribution in [1.82, 2.24) is 9.97 Å². The van der Waals surface area contributed by atoms with Crippen molar-refractivity contribution >= 4 is 22.4 Å². The molecule has 0 aliphatic carbocycles. The fourth-order valence-electron chi connectivity index (χ4n) is 3.09. The fraction of sp³-hybridized carbons (Fsp3) is 0.130. The van der Waals surface area contributed by atoms with Crippen molar-refractivity contribution in [2.45, 2.75) is 19.8 Å². The van der Waals surface area contributed by atoms with Crippen LogP contribution in [0.1, 0.15) is 25.5 Å². The van der Waals surface area contributed by atoms with Gasteiger partial charge in [-0.15, -0.1) is 0 Å². The third kappa shape index (κ3) is 3.51. The Morgan fingerprint density at radius 3 is 2.26 bits per heavy atom. The maximum absolute atomic E-state index is 14.2. The average molecular weight is 357 g/mol. The van der Waals surface area contributed by atoms with Gasteiger partial charge in [-0.25, -0.2) is 14.4 Å². The van der Waals surface area contributed by atoms with Crippen LogP contribution in [0.25, 0.3) is 22.0 Å². The lowest BCUT2D eigenvalue weighted by Crippen LogP contribution is -2.03. The van der Waals surface area contributed by atoms with Crippen LogP contribution in [-0.2, 0) is 0 Å². The molecule has 0 saturated carbocycles. The van der Waals surface area contributed by atoms with Crippen LogP contribution in [0.4, 0.5) is 16.0 Å². The number of para-hydroxylation sites is 1. The molecular weight excluding hydrogens is 337 g/mol. The quantitative estimate of drug-likeness (QED) is 0.465. The van der Waals surface area contributed by atoms with E-state index in [-0.39, 0.29) is 11.7 Å². The minimum absolute atomic E-state index is 0.227. The average Bonchev–Trinajstić information content (AvgIpc) is 2.69. The maximum Gasteiger partial charge on any atom is 0.228 e. The van der Waals surface area contributed by atoms with Gasteiger partial charge in [-0.3, -0.25) is 0 Å². The first-order valence-corrected chi connectivity index (χ1v) is 9.00. The molecule has 4 heteroatoms. The van der Waals surface area contributed by atoms with E-state index in [1.165, 1.54) is 6.07 Å². The van der Waals surface area contributed by atoms with Crippen molar-refractivity contribution in [2.24, 2.45) is 0 Å². The highest BCUT2D eigenvalue weighted by Gasteiger charge is 2.13. The van der Waals surface area contributed by atoms with Gasteiger partial charge in [0.25, 0.3) is 0 Å². The summed E-state index contributed by atoms with van der Waals surface area (Å²) in [5, 5.41) is 4.71. The van der Waals surface area contributed by atoms with Crippen LogP contribution in [0, 0.1) is 5.82 Å². The molecule has 4 aromatic rings. The van der Waals surface area contributed by atoms with E-state index >= 15 is 0 Å². The van der Waals surface area contributed by atoms with Gasteiger partial charge in [0, 0.05) is 22.3 Å². The molecule has 0 spiro atoms. The molecule has 0 amide bonds. The van der Waals surface area contributed by atoms with Crippen LogP contribution < -0.4 is 5.32 Å². The van der Waals surface area contributed by atoms with E-state index in [1.807, 2.05) is 54.6 Å². The lowest BCUT2D eigenvalue weighted by Gasteiger charge is -2.13. The van der Waals surface area contributed by atoms with Crippen molar-refractivity contribution in [1.29, 1.82) is 0 Å². The molecule has 0 aliphatic rings. The molecule has 27 heavy (non-hydrogen) atoms. The number of anilines is 2. The summed E-state index contributed by atoms with van der Waals surface area (Å²) >= 11 is 0. The minimum Gasteiger partial charge on any atom is -0.324 e. The predicted octanol–water partition coefficient (Wildman–Crippen LogP) is 6.30. The van der Waals surface area contributed by atoms with Crippen molar-refractivity contribution in [3.63, 3.8) is 0 Å². The van der Waals surface area contributed by atoms with Gasteiger partial charge in [0.2, 0.25) is 5.95 Å². The summed E-state index contributed by atoms with van der Waals surface area (Å²) < 4.78 is 14.2. The summed E-state index contributed by atoms with van der Waals surface area (Å²) in [5.41, 5.74) is 3.54. The van der Waals surface area contributed by atoms with E-state index < -0.39 is 0 Å². The Balaban J connectivity index is 1.87. The smallest absolute Gasteiger partial charge is 0.228 e. The van der Waals surface area contributed by atoms with Crippen LogP contribution in [-0.4, -0.2) is 9.97 Å². The third-order valence-corrected chi connectivity index (χ3v) is 4.51. The molecule has 134 valence electrons. The van der Waals surface area contributed by atoms with Gasteiger partial charge in [0.05, 0.1) is 5.69 Å². The Morgan fingerprint density at radius 1 is 0.815 bits per heavy atom. The second kappa shape index (κ2) is 7.16. The van der Waals surface area contributed by atoms with E-state index in [1.54, 1.807) is 12.1 Å². The minimum atomic E-state index is -0.227. The fourth-order valence-corrected chi connectivity index (χ4v) is 3.09. The second-order valence-corrected chi connectivity index (χ2v) is 6.79. The Kier molecular flexibility index (Phi) is 4.55. The Hall–Kier alpha value is -3.27. The summed E-state index contributed by atoms with van der Waals surface area (Å²) in [6, 6.07) is 22.6. The summed E-state index contributed by atoms with van der Waals surface area (Å²) in [4.78, 5) is 9.37. The summed E-state index contributed by atoms with van der Waals surface area (Å²) in [7, 11) is 0. The highest BCUT2D eigenvalue weighted by molar-refractivity contribution is 5.96. The SMILES string of the molecule is CC(C)c1cc(-c2ccc(F)c3ccccc23)nc(Nc2ccccc2)n1. The molecule has 1 N–H and O–H groups in total. The number of halogens is 1. The second-order valence-electron chi connectivity index (χ2n) is 6.79. The maximum atomic E-state index is 14.2. The van der Waals surface area contributed by atoms with Gasteiger partial charge in [-0.2, -0.15) is 0 Å². The van der Waals surface area contributed by atoms with E-state index in [0.29, 0.717) is 11.3 Å². The third-order valence-electron chi connectivity index (χ3n) is 4.51. The Labute approximate surface area is 157 Å².